The van der Waals surface area contributed by atoms with Crippen molar-refractivity contribution in [3.63, 3.8) is 0 Å². The Morgan fingerprint density at radius 1 is 1.00 bits per heavy atom. The maximum Gasteiger partial charge on any atom is 0.161 e. The molecule has 1 atom stereocenters. The van der Waals surface area contributed by atoms with Gasteiger partial charge in [0.25, 0.3) is 0 Å². The Balaban J connectivity index is 0.00000182. The summed E-state index contributed by atoms with van der Waals surface area (Å²) in [6.07, 6.45) is 1.09. The summed E-state index contributed by atoms with van der Waals surface area (Å²) < 4.78 is 11.6. The van der Waals surface area contributed by atoms with Gasteiger partial charge in [0.1, 0.15) is 6.61 Å². The molecule has 0 unspecified atom stereocenters. The number of piperazine rings is 1. The molecule has 0 aromatic heterocycles. The van der Waals surface area contributed by atoms with E-state index in [-0.39, 0.29) is 24.8 Å². The van der Waals surface area contributed by atoms with Gasteiger partial charge in [0.05, 0.1) is 7.11 Å². The predicted octanol–water partition coefficient (Wildman–Crippen LogP) is 4.47. The van der Waals surface area contributed by atoms with Gasteiger partial charge in [-0.05, 0) is 29.7 Å². The molecule has 1 heterocycles. The van der Waals surface area contributed by atoms with Gasteiger partial charge in [-0.25, -0.2) is 0 Å². The van der Waals surface area contributed by atoms with Gasteiger partial charge in [-0.15, -0.1) is 24.8 Å². The number of rotatable bonds is 7. The number of ether oxygens (including phenoxy) is 2. The van der Waals surface area contributed by atoms with Crippen LogP contribution in [0.2, 0.25) is 0 Å². The second-order valence-electron chi connectivity index (χ2n) is 6.39. The van der Waals surface area contributed by atoms with Crippen LogP contribution in [-0.4, -0.2) is 38.2 Å². The third-order valence-corrected chi connectivity index (χ3v) is 4.79. The fourth-order valence-electron chi connectivity index (χ4n) is 3.45. The van der Waals surface area contributed by atoms with Crippen molar-refractivity contribution in [2.75, 3.05) is 33.3 Å². The van der Waals surface area contributed by atoms with Crippen molar-refractivity contribution in [2.45, 2.75) is 26.0 Å². The van der Waals surface area contributed by atoms with Crippen molar-refractivity contribution in [2.24, 2.45) is 0 Å². The lowest BCUT2D eigenvalue weighted by molar-refractivity contribution is 0.169. The molecule has 1 N–H and O–H groups in total. The first-order chi connectivity index (χ1) is 12.3. The molecule has 1 aliphatic heterocycles. The largest absolute Gasteiger partial charge is 0.493 e. The van der Waals surface area contributed by atoms with E-state index in [1.54, 1.807) is 7.11 Å². The zero-order valence-electron chi connectivity index (χ0n) is 16.0. The van der Waals surface area contributed by atoms with Crippen LogP contribution in [0.1, 0.15) is 30.5 Å². The maximum absolute atomic E-state index is 6.08. The van der Waals surface area contributed by atoms with Gasteiger partial charge in [-0.3, -0.25) is 4.90 Å². The van der Waals surface area contributed by atoms with Gasteiger partial charge in [0, 0.05) is 32.2 Å². The van der Waals surface area contributed by atoms with Crippen LogP contribution in [0.15, 0.2) is 48.5 Å². The van der Waals surface area contributed by atoms with Crippen LogP contribution in [0.5, 0.6) is 11.5 Å². The standard InChI is InChI=1S/C21H28N2O2.2ClH/c1-3-19(23-13-11-22-12-14-23)18-9-10-20(24-2)21(15-18)25-16-17-7-5-4-6-8-17;;/h4-10,15,19,22H,3,11-14,16H2,1-2H3;2*1H/t19-;;/m0../s1. The summed E-state index contributed by atoms with van der Waals surface area (Å²) in [6.45, 7) is 7.09. The van der Waals surface area contributed by atoms with E-state index in [0.717, 1.165) is 49.7 Å². The molecule has 1 saturated heterocycles. The highest BCUT2D eigenvalue weighted by atomic mass is 35.5. The molecule has 1 fully saturated rings. The van der Waals surface area contributed by atoms with E-state index >= 15 is 0 Å². The summed E-state index contributed by atoms with van der Waals surface area (Å²) in [5.74, 6) is 1.60. The SMILES string of the molecule is CC[C@@H](c1ccc(OC)c(OCc2ccccc2)c1)N1CCNCC1.Cl.Cl. The Labute approximate surface area is 175 Å². The van der Waals surface area contributed by atoms with Crippen LogP contribution in [0, 0.1) is 0 Å². The normalized spacial score (nSPS) is 15.2. The van der Waals surface area contributed by atoms with Gasteiger partial charge in [0.15, 0.2) is 11.5 Å². The zero-order valence-corrected chi connectivity index (χ0v) is 17.7. The van der Waals surface area contributed by atoms with E-state index in [0.29, 0.717) is 12.6 Å². The lowest BCUT2D eigenvalue weighted by atomic mass is 10.0. The third-order valence-electron chi connectivity index (χ3n) is 4.79. The molecular formula is C21H30Cl2N2O2. The average molecular weight is 413 g/mol. The number of nitrogens with zero attached hydrogens (tertiary/aromatic N) is 1. The summed E-state index contributed by atoms with van der Waals surface area (Å²) in [5.41, 5.74) is 2.46. The first kappa shape index (κ1) is 23.6. The Morgan fingerprint density at radius 2 is 1.70 bits per heavy atom. The average Bonchev–Trinajstić information content (AvgIpc) is 2.69. The number of halogens is 2. The highest BCUT2D eigenvalue weighted by Gasteiger charge is 2.21. The topological polar surface area (TPSA) is 33.7 Å². The molecule has 2 aromatic rings. The smallest absolute Gasteiger partial charge is 0.161 e. The molecule has 0 aliphatic carbocycles. The molecule has 3 rings (SSSR count). The molecule has 0 bridgehead atoms. The highest BCUT2D eigenvalue weighted by Crippen LogP contribution is 2.34. The molecule has 0 radical (unpaired) electrons. The minimum Gasteiger partial charge on any atom is -0.493 e. The van der Waals surface area contributed by atoms with Crippen molar-refractivity contribution in [1.29, 1.82) is 0 Å². The summed E-state index contributed by atoms with van der Waals surface area (Å²) in [5, 5.41) is 3.43. The third kappa shape index (κ3) is 6.28. The van der Waals surface area contributed by atoms with E-state index in [2.05, 4.69) is 41.4 Å². The fourth-order valence-corrected chi connectivity index (χ4v) is 3.45. The Hall–Kier alpha value is -1.46. The predicted molar refractivity (Wildman–Crippen MR) is 116 cm³/mol. The second-order valence-corrected chi connectivity index (χ2v) is 6.39. The molecule has 4 nitrogen and oxygen atoms in total. The summed E-state index contributed by atoms with van der Waals surface area (Å²) >= 11 is 0. The Bertz CT molecular complexity index is 664. The second kappa shape index (κ2) is 12.1. The van der Waals surface area contributed by atoms with Crippen LogP contribution in [-0.2, 0) is 6.61 Å². The maximum atomic E-state index is 6.08. The van der Waals surface area contributed by atoms with Gasteiger partial charge in [0.2, 0.25) is 0 Å². The van der Waals surface area contributed by atoms with Crippen molar-refractivity contribution in [3.8, 4) is 11.5 Å². The monoisotopic (exact) mass is 412 g/mol. The van der Waals surface area contributed by atoms with Crippen LogP contribution in [0.3, 0.4) is 0 Å². The van der Waals surface area contributed by atoms with Crippen molar-refractivity contribution in [1.82, 2.24) is 10.2 Å². The minimum absolute atomic E-state index is 0. The molecule has 6 heteroatoms. The minimum atomic E-state index is 0. The number of hydrogen-bond acceptors (Lipinski definition) is 4. The van der Waals surface area contributed by atoms with Crippen LogP contribution in [0.4, 0.5) is 0 Å². The summed E-state index contributed by atoms with van der Waals surface area (Å²) in [6, 6.07) is 17.0. The molecule has 0 saturated carbocycles. The van der Waals surface area contributed by atoms with Gasteiger partial charge >= 0.3 is 0 Å². The molecular weight excluding hydrogens is 383 g/mol. The van der Waals surface area contributed by atoms with E-state index in [4.69, 9.17) is 9.47 Å². The van der Waals surface area contributed by atoms with E-state index < -0.39 is 0 Å². The molecule has 27 heavy (non-hydrogen) atoms. The Kier molecular flexibility index (Phi) is 10.6. The molecule has 2 aromatic carbocycles. The summed E-state index contributed by atoms with van der Waals surface area (Å²) in [7, 11) is 1.69. The Morgan fingerprint density at radius 3 is 2.33 bits per heavy atom. The summed E-state index contributed by atoms with van der Waals surface area (Å²) in [4.78, 5) is 2.55. The number of methoxy groups -OCH3 is 1. The van der Waals surface area contributed by atoms with Crippen molar-refractivity contribution >= 4 is 24.8 Å². The molecule has 0 spiro atoms. The number of benzene rings is 2. The van der Waals surface area contributed by atoms with Gasteiger partial charge < -0.3 is 14.8 Å². The molecule has 0 amide bonds. The fraction of sp³-hybridized carbons (Fsp3) is 0.429. The lowest BCUT2D eigenvalue weighted by Gasteiger charge is -2.35. The quantitative estimate of drug-likeness (QED) is 0.726. The van der Waals surface area contributed by atoms with Crippen molar-refractivity contribution < 1.29 is 9.47 Å². The van der Waals surface area contributed by atoms with Gasteiger partial charge in [-0.1, -0.05) is 43.3 Å². The van der Waals surface area contributed by atoms with Crippen LogP contribution < -0.4 is 14.8 Å². The number of hydrogen-bond donors (Lipinski definition) is 1. The van der Waals surface area contributed by atoms with E-state index in [1.165, 1.54) is 5.56 Å². The molecule has 1 aliphatic rings. The van der Waals surface area contributed by atoms with Crippen molar-refractivity contribution in [3.05, 3.63) is 59.7 Å². The van der Waals surface area contributed by atoms with E-state index in [9.17, 15) is 0 Å². The van der Waals surface area contributed by atoms with Gasteiger partial charge in [-0.2, -0.15) is 0 Å². The van der Waals surface area contributed by atoms with Crippen LogP contribution >= 0.6 is 24.8 Å². The van der Waals surface area contributed by atoms with E-state index in [1.807, 2.05) is 24.3 Å². The number of nitrogens with one attached hydrogen (secondary N) is 1. The lowest BCUT2D eigenvalue weighted by Crippen LogP contribution is -2.45. The zero-order chi connectivity index (χ0) is 17.5. The first-order valence-corrected chi connectivity index (χ1v) is 9.11. The highest BCUT2D eigenvalue weighted by molar-refractivity contribution is 5.85. The van der Waals surface area contributed by atoms with Crippen LogP contribution in [0.25, 0.3) is 0 Å². The molecule has 150 valence electrons. The first-order valence-electron chi connectivity index (χ1n) is 9.11.